The van der Waals surface area contributed by atoms with Crippen molar-refractivity contribution in [3.05, 3.63) is 93.4 Å². The van der Waals surface area contributed by atoms with Gasteiger partial charge in [0.1, 0.15) is 29.4 Å². The van der Waals surface area contributed by atoms with E-state index in [0.717, 1.165) is 36.8 Å². The predicted molar refractivity (Wildman–Crippen MR) is 177 cm³/mol. The summed E-state index contributed by atoms with van der Waals surface area (Å²) in [6.07, 6.45) is 9.67. The normalized spacial score (nSPS) is 8.62. The summed E-state index contributed by atoms with van der Waals surface area (Å²) in [5, 5.41) is 42.8. The molecule has 2 aromatic rings. The van der Waals surface area contributed by atoms with Gasteiger partial charge in [0.15, 0.2) is 0 Å². The second kappa shape index (κ2) is 33.9. The largest absolute Gasteiger partial charge is 1.00 e. The average molecular weight is 648 g/mol. The van der Waals surface area contributed by atoms with Crippen LogP contribution >= 0.6 is 0 Å². The third-order valence-electron chi connectivity index (χ3n) is 4.88. The van der Waals surface area contributed by atoms with Crippen LogP contribution in [0.1, 0.15) is 83.6 Å². The molecule has 10 N–H and O–H groups in total. The molecule has 0 spiro atoms. The Morgan fingerprint density at radius 1 is 1.00 bits per heavy atom. The molecule has 45 heavy (non-hydrogen) atoms. The van der Waals surface area contributed by atoms with Crippen LogP contribution in [0.15, 0.2) is 55.1 Å². The van der Waals surface area contributed by atoms with Gasteiger partial charge in [-0.2, -0.15) is 0 Å². The number of rotatable bonds is 11. The van der Waals surface area contributed by atoms with Gasteiger partial charge in [-0.25, -0.2) is 9.59 Å². The number of nitrogens with zero attached hydrogens (tertiary/aromatic N) is 2. The molecule has 0 aliphatic rings. The molecule has 0 aliphatic heterocycles. The first-order valence-corrected chi connectivity index (χ1v) is 12.9. The molecule has 0 bridgehead atoms. The van der Waals surface area contributed by atoms with Crippen molar-refractivity contribution >= 4 is 18.7 Å². The molecule has 250 valence electrons. The van der Waals surface area contributed by atoms with Crippen LogP contribution in [0.4, 0.5) is 0 Å². The molecule has 0 saturated heterocycles. The van der Waals surface area contributed by atoms with Crippen LogP contribution < -0.4 is 45.9 Å². The first-order chi connectivity index (χ1) is 20.6. The number of phenols is 2. The number of aromatic carboxylic acids is 2. The van der Waals surface area contributed by atoms with E-state index in [4.69, 9.17) is 31.8 Å². The van der Waals surface area contributed by atoms with Gasteiger partial charge in [-0.05, 0) is 66.5 Å². The molecule has 0 unspecified atom stereocenters. The topological polar surface area (TPSA) is 272 Å². The quantitative estimate of drug-likeness (QED) is 0.0576. The summed E-state index contributed by atoms with van der Waals surface area (Å²) in [4.78, 5) is 31.5. The van der Waals surface area contributed by atoms with Crippen LogP contribution in [0.2, 0.25) is 0 Å². The molecule has 0 atom stereocenters. The number of carboxylic acids is 2. The number of nitrogens with two attached hydrogens (primary N) is 1. The van der Waals surface area contributed by atoms with Crippen molar-refractivity contribution < 1.29 is 75.5 Å². The second-order valence-corrected chi connectivity index (χ2v) is 7.95. The van der Waals surface area contributed by atoms with Crippen LogP contribution in [-0.4, -0.2) is 44.6 Å². The molecule has 2 aromatic carbocycles. The molecular formula is C30H51N6NaO8. The minimum Gasteiger partial charge on any atom is -0.870 e. The zero-order valence-electron chi connectivity index (χ0n) is 26.4. The number of nitrogens with one attached hydrogen (secondary N) is 3. The summed E-state index contributed by atoms with van der Waals surface area (Å²) in [5.74, 6) is 2.78. The number of carbonyl (C=O) groups excluding carboxylic acids is 1. The van der Waals surface area contributed by atoms with Gasteiger partial charge in [0.05, 0.1) is 0 Å². The number of aryl methyl sites for hydroxylation is 2. The third-order valence-corrected chi connectivity index (χ3v) is 4.88. The van der Waals surface area contributed by atoms with Gasteiger partial charge in [-0.15, -0.1) is 17.4 Å². The Hall–Kier alpha value is -4.64. The maximum absolute atomic E-state index is 11.2. The fraction of sp³-hybridized carbons (Fsp3) is 0.300. The number of hydrogen-bond donors (Lipinski definition) is 8. The Balaban J connectivity index is -0.0000000710. The molecule has 0 amide bonds. The van der Waals surface area contributed by atoms with Crippen LogP contribution in [0.25, 0.3) is 10.4 Å². The summed E-state index contributed by atoms with van der Waals surface area (Å²) >= 11 is 0. The van der Waals surface area contributed by atoms with Crippen molar-refractivity contribution in [1.29, 1.82) is 5.53 Å². The number of hydrogen-bond acceptors (Lipinski definition) is 10. The van der Waals surface area contributed by atoms with Gasteiger partial charge in [0.2, 0.25) is 0 Å². The molecule has 14 nitrogen and oxygen atoms in total. The molecular weight excluding hydrogens is 595 g/mol. The van der Waals surface area contributed by atoms with E-state index in [1.807, 2.05) is 40.6 Å². The zero-order chi connectivity index (χ0) is 33.6. The Kier molecular flexibility index (Phi) is 37.6. The molecule has 0 aliphatic carbocycles. The zero-order valence-corrected chi connectivity index (χ0v) is 28.4. The van der Waals surface area contributed by atoms with E-state index >= 15 is 0 Å². The fourth-order valence-electron chi connectivity index (χ4n) is 3.08. The standard InChI is InChI=1S/C15H21N3O3.C10H12O3.C4H6.CH2O.HN3.Na.H2O.4H2/c1-2-3-11-8-12(10-18-7-6-17-5-4-16)14(19)13(9-11)15(20)21;1-2-3-7-4-5-9(11)8(6-7)10(12)13;1-3-4-2;1-2;1-3-2;;;;;;/h4-9,17-19H,2-3,10,16H2,1H3,(H,20,21);4-6,11H,2-3H2,1H3,(H,12,13);1-2H3;1H2;1H;;1H2;4*1H/q;;;;;+1;;;;;/p-1/b5-4+,7-6+;;;;;;;;;;/i;;;;;;;1+1;;;. The maximum atomic E-state index is 11.2. The summed E-state index contributed by atoms with van der Waals surface area (Å²) < 4.78 is 0. The minimum atomic E-state index is -1.13. The monoisotopic (exact) mass is 647 g/mol. The Morgan fingerprint density at radius 2 is 1.49 bits per heavy atom. The summed E-state index contributed by atoms with van der Waals surface area (Å²) in [7, 11) is 0. The molecule has 0 aromatic heterocycles. The summed E-state index contributed by atoms with van der Waals surface area (Å²) in [6.45, 7) is 10.0. The fourth-order valence-corrected chi connectivity index (χ4v) is 3.08. The van der Waals surface area contributed by atoms with Crippen LogP contribution in [0.3, 0.4) is 0 Å². The third kappa shape index (κ3) is 24.5. The van der Waals surface area contributed by atoms with Gasteiger partial charge in [-0.3, -0.25) is 0 Å². The summed E-state index contributed by atoms with van der Waals surface area (Å²) in [5.41, 5.74) is 19.7. The van der Waals surface area contributed by atoms with E-state index in [2.05, 4.69) is 22.5 Å². The van der Waals surface area contributed by atoms with Gasteiger partial charge >= 0.3 is 41.5 Å². The Bertz CT molecular complexity index is 1290. The van der Waals surface area contributed by atoms with Gasteiger partial charge in [0.25, 0.3) is 0 Å². The van der Waals surface area contributed by atoms with Crippen molar-refractivity contribution in [2.75, 3.05) is 0 Å². The SMILES string of the molecule is C=O.CC#CC.CCCc1cc(CN/C=C/N/C=C/N)c(O)c(C(=O)O)c1.CCCc1ccc(O)c(C(=O)O)c1.[2HH].[HH].[HH].[HH].[N-]=[N+]=N.[Na+].[OH-]. The van der Waals surface area contributed by atoms with Crippen LogP contribution in [0, 0.1) is 17.4 Å². The number of benzene rings is 2. The molecule has 0 heterocycles. The number of carbonyl (C=O) groups is 3. The van der Waals surface area contributed by atoms with Crippen LogP contribution in [-0.2, 0) is 24.2 Å². The van der Waals surface area contributed by atoms with Crippen molar-refractivity contribution in [2.45, 2.75) is 59.9 Å². The van der Waals surface area contributed by atoms with Gasteiger partial charge in [-0.1, -0.05) is 38.8 Å². The molecule has 0 saturated carbocycles. The van der Waals surface area contributed by atoms with E-state index in [-0.39, 0.29) is 63.4 Å². The van der Waals surface area contributed by atoms with E-state index in [0.29, 0.717) is 12.1 Å². The maximum Gasteiger partial charge on any atom is 1.00 e. The molecule has 2 rings (SSSR count). The Labute approximate surface area is 292 Å². The van der Waals surface area contributed by atoms with E-state index in [1.54, 1.807) is 29.6 Å². The number of carboxylic acid groups (broad SMARTS) is 2. The van der Waals surface area contributed by atoms with Crippen molar-refractivity contribution in [2.24, 2.45) is 5.73 Å². The first-order valence-electron chi connectivity index (χ1n) is 12.9. The van der Waals surface area contributed by atoms with Crippen LogP contribution in [0.5, 0.6) is 11.5 Å². The second-order valence-electron chi connectivity index (χ2n) is 7.95. The number of aromatic hydroxyl groups is 2. The van der Waals surface area contributed by atoms with Crippen molar-refractivity contribution in [3.8, 4) is 23.3 Å². The Morgan fingerprint density at radius 3 is 1.93 bits per heavy atom. The van der Waals surface area contributed by atoms with Crippen molar-refractivity contribution in [1.82, 2.24) is 10.6 Å². The van der Waals surface area contributed by atoms with E-state index in [1.165, 1.54) is 24.4 Å². The minimum absolute atomic E-state index is 0. The predicted octanol–water partition coefficient (Wildman–Crippen LogP) is 3.20. The average Bonchev–Trinajstić information content (AvgIpc) is 2.99. The van der Waals surface area contributed by atoms with E-state index in [9.17, 15) is 19.8 Å². The summed E-state index contributed by atoms with van der Waals surface area (Å²) in [6, 6.07) is 8.02. The van der Waals surface area contributed by atoms with Gasteiger partial charge in [0, 0.05) is 42.6 Å². The van der Waals surface area contributed by atoms with Gasteiger partial charge < -0.3 is 47.1 Å². The van der Waals surface area contributed by atoms with E-state index < -0.39 is 11.9 Å². The van der Waals surface area contributed by atoms with Crippen molar-refractivity contribution in [3.63, 3.8) is 0 Å². The molecule has 0 fully saturated rings. The molecule has 15 heteroatoms. The first kappa shape index (κ1) is 50.0. The smallest absolute Gasteiger partial charge is 0.870 e. The molecule has 0 radical (unpaired) electrons.